The molecule has 0 aromatic heterocycles. The van der Waals surface area contributed by atoms with Crippen molar-refractivity contribution < 1.29 is 28.6 Å². The van der Waals surface area contributed by atoms with Gasteiger partial charge in [-0.1, -0.05) is 13.3 Å². The molecule has 1 aromatic carbocycles. The summed E-state index contributed by atoms with van der Waals surface area (Å²) in [7, 11) is 4.58. The molecule has 3 rings (SSSR count). The van der Waals surface area contributed by atoms with Crippen LogP contribution in [0.4, 0.5) is 0 Å². The third kappa shape index (κ3) is 4.03. The molecule has 0 unspecified atom stereocenters. The van der Waals surface area contributed by atoms with Gasteiger partial charge in [-0.25, -0.2) is 0 Å². The molecule has 1 atom stereocenters. The second-order valence-electron chi connectivity index (χ2n) is 6.96. The first-order valence-electron chi connectivity index (χ1n) is 9.85. The van der Waals surface area contributed by atoms with E-state index in [-0.39, 0.29) is 17.5 Å². The first kappa shape index (κ1) is 21.0. The van der Waals surface area contributed by atoms with E-state index in [1.54, 1.807) is 23.1 Å². The lowest BCUT2D eigenvalue weighted by Crippen LogP contribution is -2.55. The van der Waals surface area contributed by atoms with Crippen LogP contribution >= 0.6 is 0 Å². The summed E-state index contributed by atoms with van der Waals surface area (Å²) >= 11 is 0. The quantitative estimate of drug-likeness (QED) is 0.490. The number of hydroxylamine groups is 2. The van der Waals surface area contributed by atoms with Crippen molar-refractivity contribution in [2.45, 2.75) is 38.6 Å². The number of carbonyl (C=O) groups is 2. The summed E-state index contributed by atoms with van der Waals surface area (Å²) in [6, 6.07) is 3.01. The lowest BCUT2D eigenvalue weighted by atomic mass is 10.1. The Morgan fingerprint density at radius 3 is 2.38 bits per heavy atom. The minimum Gasteiger partial charge on any atom is -0.493 e. The van der Waals surface area contributed by atoms with E-state index in [4.69, 9.17) is 19.0 Å². The second-order valence-corrected chi connectivity index (χ2v) is 6.96. The maximum Gasteiger partial charge on any atom is 0.273 e. The first-order valence-corrected chi connectivity index (χ1v) is 9.85. The number of unbranched alkanes of at least 4 members (excludes halogenated alkanes) is 1. The van der Waals surface area contributed by atoms with Crippen molar-refractivity contribution >= 4 is 17.9 Å². The van der Waals surface area contributed by atoms with Crippen LogP contribution in [0.2, 0.25) is 0 Å². The van der Waals surface area contributed by atoms with Gasteiger partial charge in [-0.2, -0.15) is 5.06 Å². The molecule has 2 heterocycles. The van der Waals surface area contributed by atoms with Crippen molar-refractivity contribution in [2.75, 3.05) is 34.5 Å². The first-order chi connectivity index (χ1) is 14.0. The van der Waals surface area contributed by atoms with E-state index in [0.29, 0.717) is 42.4 Å². The summed E-state index contributed by atoms with van der Waals surface area (Å²) in [5.74, 6) is 0.977. The molecule has 0 aliphatic carbocycles. The minimum absolute atomic E-state index is 0.193. The van der Waals surface area contributed by atoms with Gasteiger partial charge < -0.3 is 19.1 Å². The highest BCUT2D eigenvalue weighted by atomic mass is 16.7. The van der Waals surface area contributed by atoms with E-state index >= 15 is 0 Å². The van der Waals surface area contributed by atoms with Gasteiger partial charge in [-0.3, -0.25) is 14.4 Å². The van der Waals surface area contributed by atoms with Crippen molar-refractivity contribution in [3.8, 4) is 17.2 Å². The van der Waals surface area contributed by atoms with Crippen molar-refractivity contribution in [1.29, 1.82) is 0 Å². The smallest absolute Gasteiger partial charge is 0.273 e. The van der Waals surface area contributed by atoms with E-state index in [1.807, 2.05) is 6.92 Å². The Labute approximate surface area is 170 Å². The van der Waals surface area contributed by atoms with Crippen LogP contribution in [0.15, 0.2) is 17.8 Å². The summed E-state index contributed by atoms with van der Waals surface area (Å²) in [4.78, 5) is 33.5. The number of methoxy groups -OCH3 is 3. The molecular weight excluding hydrogens is 376 g/mol. The number of ether oxygens (including phenoxy) is 3. The molecule has 0 bridgehead atoms. The number of hydrogen-bond donors (Lipinski definition) is 0. The molecule has 0 N–H and O–H groups in total. The molecule has 2 fully saturated rings. The fourth-order valence-electron chi connectivity index (χ4n) is 3.65. The largest absolute Gasteiger partial charge is 0.493 e. The number of nitrogens with zero attached hydrogens (tertiary/aromatic N) is 2. The molecule has 29 heavy (non-hydrogen) atoms. The number of carbonyl (C=O) groups excluding carboxylic acids is 2. The standard InChI is InChI=1S/C21H28N2O6/c1-5-6-10-29-23-16(20(24)22-9-7-8-15(22)21(23)25)11-14-12-17(26-2)19(28-4)18(13-14)27-3/h11-13,15H,5-10H2,1-4H3/b16-11+/t15-/m0/s1. The highest BCUT2D eigenvalue weighted by molar-refractivity contribution is 6.07. The minimum atomic E-state index is -0.443. The van der Waals surface area contributed by atoms with Crippen LogP contribution < -0.4 is 14.2 Å². The molecule has 8 heteroatoms. The molecule has 2 aliphatic rings. The molecule has 2 saturated heterocycles. The van der Waals surface area contributed by atoms with Gasteiger partial charge >= 0.3 is 0 Å². The molecule has 8 nitrogen and oxygen atoms in total. The topological polar surface area (TPSA) is 77.5 Å². The number of amides is 2. The predicted molar refractivity (Wildman–Crippen MR) is 107 cm³/mol. The number of fused-ring (bicyclic) bond motifs is 1. The zero-order valence-electron chi connectivity index (χ0n) is 17.4. The number of rotatable bonds is 8. The van der Waals surface area contributed by atoms with Gasteiger partial charge in [-0.15, -0.1) is 0 Å². The zero-order chi connectivity index (χ0) is 21.0. The molecule has 0 radical (unpaired) electrons. The number of hydrogen-bond acceptors (Lipinski definition) is 6. The van der Waals surface area contributed by atoms with E-state index in [2.05, 4.69) is 0 Å². The van der Waals surface area contributed by atoms with Crippen LogP contribution in [-0.2, 0) is 14.4 Å². The third-order valence-corrected chi connectivity index (χ3v) is 5.15. The van der Waals surface area contributed by atoms with Gasteiger partial charge in [0.15, 0.2) is 11.5 Å². The normalized spacial score (nSPS) is 20.3. The van der Waals surface area contributed by atoms with Crippen LogP contribution in [0.1, 0.15) is 38.2 Å². The third-order valence-electron chi connectivity index (χ3n) is 5.15. The molecule has 158 valence electrons. The predicted octanol–water partition coefficient (Wildman–Crippen LogP) is 2.62. The van der Waals surface area contributed by atoms with Crippen molar-refractivity contribution in [3.05, 3.63) is 23.4 Å². The monoisotopic (exact) mass is 404 g/mol. The lowest BCUT2D eigenvalue weighted by Gasteiger charge is -2.37. The molecule has 2 aliphatic heterocycles. The Kier molecular flexibility index (Phi) is 6.64. The van der Waals surface area contributed by atoms with Gasteiger partial charge in [0, 0.05) is 6.54 Å². The van der Waals surface area contributed by atoms with Crippen LogP contribution in [0.5, 0.6) is 17.2 Å². The lowest BCUT2D eigenvalue weighted by molar-refractivity contribution is -0.190. The van der Waals surface area contributed by atoms with E-state index in [9.17, 15) is 9.59 Å². The Balaban J connectivity index is 2.03. The Bertz CT molecular complexity index is 781. The van der Waals surface area contributed by atoms with Crippen LogP contribution in [0.25, 0.3) is 6.08 Å². The molecule has 1 aromatic rings. The van der Waals surface area contributed by atoms with E-state index < -0.39 is 6.04 Å². The average Bonchev–Trinajstić information content (AvgIpc) is 3.23. The molecule has 2 amide bonds. The maximum atomic E-state index is 13.1. The summed E-state index contributed by atoms with van der Waals surface area (Å²) in [5, 5.41) is 1.17. The van der Waals surface area contributed by atoms with Crippen LogP contribution in [0, 0.1) is 0 Å². The van der Waals surface area contributed by atoms with Crippen LogP contribution in [0.3, 0.4) is 0 Å². The second kappa shape index (κ2) is 9.17. The summed E-state index contributed by atoms with van der Waals surface area (Å²) in [5.41, 5.74) is 0.830. The average molecular weight is 404 g/mol. The Hall–Kier alpha value is -2.74. The highest BCUT2D eigenvalue weighted by Crippen LogP contribution is 2.39. The van der Waals surface area contributed by atoms with Gasteiger partial charge in [0.2, 0.25) is 5.75 Å². The number of piperazine rings is 1. The molecule has 0 saturated carbocycles. The Morgan fingerprint density at radius 2 is 1.79 bits per heavy atom. The fraction of sp³-hybridized carbons (Fsp3) is 0.524. The van der Waals surface area contributed by atoms with Crippen molar-refractivity contribution in [2.24, 2.45) is 0 Å². The molecular formula is C21H28N2O6. The highest BCUT2D eigenvalue weighted by Gasteiger charge is 2.46. The van der Waals surface area contributed by atoms with E-state index in [1.165, 1.54) is 26.4 Å². The maximum absolute atomic E-state index is 13.1. The van der Waals surface area contributed by atoms with Crippen molar-refractivity contribution in [1.82, 2.24) is 9.96 Å². The Morgan fingerprint density at radius 1 is 1.10 bits per heavy atom. The van der Waals surface area contributed by atoms with Gasteiger partial charge in [0.25, 0.3) is 11.8 Å². The van der Waals surface area contributed by atoms with Crippen LogP contribution in [-0.4, -0.2) is 62.3 Å². The fourth-order valence-corrected chi connectivity index (χ4v) is 3.65. The van der Waals surface area contributed by atoms with Gasteiger partial charge in [0.05, 0.1) is 27.9 Å². The van der Waals surface area contributed by atoms with Gasteiger partial charge in [0.1, 0.15) is 11.7 Å². The van der Waals surface area contributed by atoms with Gasteiger partial charge in [-0.05, 0) is 43.0 Å². The summed E-state index contributed by atoms with van der Waals surface area (Å²) < 4.78 is 16.1. The molecule has 0 spiro atoms. The van der Waals surface area contributed by atoms with E-state index in [0.717, 1.165) is 19.3 Å². The number of benzene rings is 1. The van der Waals surface area contributed by atoms with Crippen molar-refractivity contribution in [3.63, 3.8) is 0 Å². The summed E-state index contributed by atoms with van der Waals surface area (Å²) in [6.07, 6.45) is 4.82. The summed E-state index contributed by atoms with van der Waals surface area (Å²) in [6.45, 7) is 2.98. The zero-order valence-corrected chi connectivity index (χ0v) is 17.4. The SMILES string of the molecule is CCCCON1C(=O)[C@@H]2CCCN2C(=O)/C1=C\c1cc(OC)c(OC)c(OC)c1.